The quantitative estimate of drug-likeness (QED) is 0.254. The average Bonchev–Trinajstić information content (AvgIpc) is 2.89. The highest BCUT2D eigenvalue weighted by molar-refractivity contribution is 6.30. The number of carbonyl (C=O) groups is 1. The zero-order chi connectivity index (χ0) is 26.1. The van der Waals surface area contributed by atoms with Crippen LogP contribution in [-0.2, 0) is 24.2 Å². The van der Waals surface area contributed by atoms with Crippen LogP contribution in [0.5, 0.6) is 17.2 Å². The average molecular weight is 514 g/mol. The van der Waals surface area contributed by atoms with E-state index in [2.05, 4.69) is 5.32 Å². The number of aliphatic hydroxyl groups excluding tert-OH is 1. The fourth-order valence-electron chi connectivity index (χ4n) is 4.15. The highest BCUT2D eigenvalue weighted by Crippen LogP contribution is 2.32. The monoisotopic (exact) mass is 513 g/mol. The number of unbranched alkanes of at least 4 members (excludes halogenated alkanes) is 1. The number of carboxylic acids is 1. The van der Waals surface area contributed by atoms with Crippen molar-refractivity contribution in [3.63, 3.8) is 0 Å². The first kappa shape index (κ1) is 27.2. The Hall–Kier alpha value is -3.42. The molecule has 3 rings (SSSR count). The molecule has 0 aliphatic carbocycles. The number of ether oxygens (including phenoxy) is 3. The minimum absolute atomic E-state index is 0.0885. The molecule has 0 radical (unpaired) electrons. The van der Waals surface area contributed by atoms with Crippen LogP contribution in [0.2, 0.25) is 5.02 Å². The molecule has 0 fully saturated rings. The molecule has 0 spiro atoms. The Kier molecular flexibility index (Phi) is 9.85. The van der Waals surface area contributed by atoms with Crippen molar-refractivity contribution in [2.45, 2.75) is 38.3 Å². The molecule has 8 heteroatoms. The van der Waals surface area contributed by atoms with Gasteiger partial charge < -0.3 is 29.7 Å². The van der Waals surface area contributed by atoms with Crippen LogP contribution in [0.25, 0.3) is 0 Å². The lowest BCUT2D eigenvalue weighted by atomic mass is 9.98. The van der Waals surface area contributed by atoms with Crippen LogP contribution < -0.4 is 19.5 Å². The minimum Gasteiger partial charge on any atom is -0.497 e. The number of nitrogens with one attached hydrogen (secondary N) is 1. The zero-order valence-electron chi connectivity index (χ0n) is 20.7. The van der Waals surface area contributed by atoms with Gasteiger partial charge in [0.2, 0.25) is 0 Å². The predicted octanol–water partition coefficient (Wildman–Crippen LogP) is 5.66. The van der Waals surface area contributed by atoms with Gasteiger partial charge >= 0.3 is 5.97 Å². The van der Waals surface area contributed by atoms with Crippen molar-refractivity contribution in [3.05, 3.63) is 81.9 Å². The first-order valence-electron chi connectivity index (χ1n) is 11.7. The lowest BCUT2D eigenvalue weighted by molar-refractivity contribution is -0.138. The Morgan fingerprint density at radius 1 is 0.917 bits per heavy atom. The number of anilines is 1. The third-order valence-corrected chi connectivity index (χ3v) is 6.31. The molecular formula is C28H32ClNO6. The van der Waals surface area contributed by atoms with Gasteiger partial charge in [0.05, 0.1) is 33.6 Å². The highest BCUT2D eigenvalue weighted by Gasteiger charge is 2.21. The van der Waals surface area contributed by atoms with Gasteiger partial charge in [-0.25, -0.2) is 4.79 Å². The van der Waals surface area contributed by atoms with Gasteiger partial charge in [-0.2, -0.15) is 0 Å². The Morgan fingerprint density at radius 2 is 1.61 bits per heavy atom. The number of benzene rings is 3. The van der Waals surface area contributed by atoms with Gasteiger partial charge in [0, 0.05) is 11.1 Å². The second-order valence-electron chi connectivity index (χ2n) is 8.33. The minimum atomic E-state index is -1.00. The number of aryl methyl sites for hydroxylation is 1. The topological polar surface area (TPSA) is 97.2 Å². The van der Waals surface area contributed by atoms with Gasteiger partial charge in [0.1, 0.15) is 17.2 Å². The summed E-state index contributed by atoms with van der Waals surface area (Å²) in [5.74, 6) is 0.917. The van der Waals surface area contributed by atoms with Crippen molar-refractivity contribution in [1.29, 1.82) is 0 Å². The van der Waals surface area contributed by atoms with E-state index in [-0.39, 0.29) is 6.61 Å². The molecule has 0 aromatic heterocycles. The van der Waals surface area contributed by atoms with Crippen LogP contribution in [-0.4, -0.2) is 37.5 Å². The van der Waals surface area contributed by atoms with Crippen LogP contribution in [0.3, 0.4) is 0 Å². The zero-order valence-corrected chi connectivity index (χ0v) is 21.5. The lowest BCUT2D eigenvalue weighted by Crippen LogP contribution is -2.20. The molecule has 0 amide bonds. The predicted molar refractivity (Wildman–Crippen MR) is 141 cm³/mol. The molecule has 0 heterocycles. The molecule has 36 heavy (non-hydrogen) atoms. The van der Waals surface area contributed by atoms with Crippen LogP contribution >= 0.6 is 11.6 Å². The molecule has 0 saturated heterocycles. The summed E-state index contributed by atoms with van der Waals surface area (Å²) in [6.45, 7) is -0.0885. The molecule has 7 nitrogen and oxygen atoms in total. The third-order valence-electron chi connectivity index (χ3n) is 6.06. The first-order chi connectivity index (χ1) is 17.4. The summed E-state index contributed by atoms with van der Waals surface area (Å²) >= 11 is 5.96. The van der Waals surface area contributed by atoms with Crippen LogP contribution in [0, 0.1) is 0 Å². The first-order valence-corrected chi connectivity index (χ1v) is 12.0. The maximum Gasteiger partial charge on any atom is 0.330 e. The molecule has 192 valence electrons. The second kappa shape index (κ2) is 13.0. The Bertz CT molecular complexity index is 1140. The smallest absolute Gasteiger partial charge is 0.330 e. The summed E-state index contributed by atoms with van der Waals surface area (Å²) in [4.78, 5) is 12.0. The number of carboxylic acid groups (broad SMARTS) is 1. The van der Waals surface area contributed by atoms with E-state index >= 15 is 0 Å². The van der Waals surface area contributed by atoms with Crippen molar-refractivity contribution in [1.82, 2.24) is 0 Å². The number of rotatable bonds is 13. The van der Waals surface area contributed by atoms with Gasteiger partial charge in [0.15, 0.2) is 6.04 Å². The molecule has 1 unspecified atom stereocenters. The summed E-state index contributed by atoms with van der Waals surface area (Å²) in [7, 11) is 4.75. The molecule has 1 atom stereocenters. The van der Waals surface area contributed by atoms with Crippen molar-refractivity contribution in [2.24, 2.45) is 0 Å². The van der Waals surface area contributed by atoms with Crippen molar-refractivity contribution < 1.29 is 29.2 Å². The molecule has 0 aliphatic rings. The van der Waals surface area contributed by atoms with Crippen LogP contribution in [0.15, 0.2) is 54.6 Å². The molecular weight excluding hydrogens is 482 g/mol. The molecule has 0 aliphatic heterocycles. The van der Waals surface area contributed by atoms with Gasteiger partial charge in [-0.3, -0.25) is 0 Å². The number of methoxy groups -OCH3 is 3. The normalized spacial score (nSPS) is 11.6. The SMILES string of the molecule is COc1cc(CO)c(CCCCc2ccc(OC)c(NC(C(=O)O)c3ccc(Cl)cc3)c2)c(OC)c1. The van der Waals surface area contributed by atoms with Crippen LogP contribution in [0.4, 0.5) is 5.69 Å². The summed E-state index contributed by atoms with van der Waals surface area (Å²) in [6.07, 6.45) is 3.32. The van der Waals surface area contributed by atoms with E-state index in [1.807, 2.05) is 30.3 Å². The van der Waals surface area contributed by atoms with Gasteiger partial charge in [0.25, 0.3) is 0 Å². The van der Waals surface area contributed by atoms with E-state index in [0.29, 0.717) is 33.5 Å². The fraction of sp³-hybridized carbons (Fsp3) is 0.321. The maximum absolute atomic E-state index is 12.0. The number of hydrogen-bond acceptors (Lipinski definition) is 6. The summed E-state index contributed by atoms with van der Waals surface area (Å²) in [5.41, 5.74) is 4.03. The molecule has 0 bridgehead atoms. The van der Waals surface area contributed by atoms with E-state index in [4.69, 9.17) is 25.8 Å². The Labute approximate surface area is 216 Å². The number of aliphatic carboxylic acids is 1. The van der Waals surface area contributed by atoms with E-state index in [0.717, 1.165) is 42.4 Å². The summed E-state index contributed by atoms with van der Waals surface area (Å²) < 4.78 is 16.3. The number of hydrogen-bond donors (Lipinski definition) is 3. The van der Waals surface area contributed by atoms with E-state index in [1.165, 1.54) is 0 Å². The number of halogens is 1. The van der Waals surface area contributed by atoms with Crippen molar-refractivity contribution in [2.75, 3.05) is 26.6 Å². The molecule has 3 aromatic rings. The van der Waals surface area contributed by atoms with E-state index in [9.17, 15) is 15.0 Å². The van der Waals surface area contributed by atoms with Gasteiger partial charge in [-0.1, -0.05) is 29.8 Å². The van der Waals surface area contributed by atoms with Gasteiger partial charge in [-0.05, 0) is 78.3 Å². The van der Waals surface area contributed by atoms with E-state index < -0.39 is 12.0 Å². The van der Waals surface area contributed by atoms with Crippen molar-refractivity contribution >= 4 is 23.3 Å². The maximum atomic E-state index is 12.0. The highest BCUT2D eigenvalue weighted by atomic mass is 35.5. The summed E-state index contributed by atoms with van der Waals surface area (Å²) in [5, 5.41) is 23.3. The Morgan fingerprint density at radius 3 is 2.22 bits per heavy atom. The fourth-order valence-corrected chi connectivity index (χ4v) is 4.28. The standard InChI is InChI=1S/C28H32ClNO6/c1-34-22-15-20(17-31)23(26(16-22)36-3)7-5-4-6-18-8-13-25(35-2)24(14-18)30-27(28(32)33)19-9-11-21(29)12-10-19/h8-16,27,30-31H,4-7,17H2,1-3H3,(H,32,33). The number of aliphatic hydroxyl groups is 1. The molecule has 3 aromatic carbocycles. The molecule has 3 N–H and O–H groups in total. The molecule has 0 saturated carbocycles. The van der Waals surface area contributed by atoms with Crippen molar-refractivity contribution in [3.8, 4) is 17.2 Å². The van der Waals surface area contributed by atoms with Crippen LogP contribution in [0.1, 0.15) is 41.1 Å². The largest absolute Gasteiger partial charge is 0.497 e. The lowest BCUT2D eigenvalue weighted by Gasteiger charge is -2.19. The second-order valence-corrected chi connectivity index (χ2v) is 8.77. The Balaban J connectivity index is 1.70. The summed E-state index contributed by atoms with van der Waals surface area (Å²) in [6, 6.07) is 15.2. The van der Waals surface area contributed by atoms with Gasteiger partial charge in [-0.15, -0.1) is 0 Å². The third kappa shape index (κ3) is 6.83. The van der Waals surface area contributed by atoms with E-state index in [1.54, 1.807) is 45.6 Å².